The fourth-order valence-corrected chi connectivity index (χ4v) is 2.99. The molecular formula is C19H20N4OS. The van der Waals surface area contributed by atoms with E-state index >= 15 is 0 Å². The molecule has 1 atom stereocenters. The first-order valence-corrected chi connectivity index (χ1v) is 9.19. The van der Waals surface area contributed by atoms with Gasteiger partial charge in [0.1, 0.15) is 12.7 Å². The smallest absolute Gasteiger partial charge is 0.254 e. The van der Waals surface area contributed by atoms with Crippen molar-refractivity contribution in [2.75, 3.05) is 13.3 Å². The molecule has 0 aliphatic heterocycles. The summed E-state index contributed by atoms with van der Waals surface area (Å²) in [7, 11) is 1.83. The van der Waals surface area contributed by atoms with Crippen molar-refractivity contribution >= 4 is 17.7 Å². The minimum absolute atomic E-state index is 0.0144. The van der Waals surface area contributed by atoms with E-state index in [1.165, 1.54) is 6.33 Å². The van der Waals surface area contributed by atoms with Crippen LogP contribution in [0, 0.1) is 0 Å². The summed E-state index contributed by atoms with van der Waals surface area (Å²) < 4.78 is 1.70. The van der Waals surface area contributed by atoms with Crippen LogP contribution in [0.3, 0.4) is 0 Å². The maximum atomic E-state index is 12.7. The largest absolute Gasteiger partial charge is 0.335 e. The molecular weight excluding hydrogens is 332 g/mol. The van der Waals surface area contributed by atoms with Crippen LogP contribution in [0.5, 0.6) is 0 Å². The third-order valence-corrected chi connectivity index (χ3v) is 5.04. The highest BCUT2D eigenvalue weighted by molar-refractivity contribution is 7.98. The Bertz CT molecular complexity index is 829. The Kier molecular flexibility index (Phi) is 5.19. The molecule has 5 nitrogen and oxygen atoms in total. The second-order valence-corrected chi connectivity index (χ2v) is 6.63. The fraction of sp³-hybridized carbons (Fsp3) is 0.211. The van der Waals surface area contributed by atoms with Crippen LogP contribution < -0.4 is 0 Å². The first kappa shape index (κ1) is 17.2. The summed E-state index contributed by atoms with van der Waals surface area (Å²) in [5, 5.41) is 4.12. The van der Waals surface area contributed by atoms with E-state index in [0.717, 1.165) is 16.1 Å². The normalized spacial score (nSPS) is 12.0. The molecule has 25 heavy (non-hydrogen) atoms. The Morgan fingerprint density at radius 2 is 1.80 bits per heavy atom. The number of aromatic nitrogens is 3. The maximum Gasteiger partial charge on any atom is 0.254 e. The lowest BCUT2D eigenvalue weighted by atomic mass is 10.1. The molecule has 2 aromatic carbocycles. The van der Waals surface area contributed by atoms with Crippen molar-refractivity contribution < 1.29 is 4.79 Å². The monoisotopic (exact) mass is 352 g/mol. The first-order valence-electron chi connectivity index (χ1n) is 7.96. The van der Waals surface area contributed by atoms with Crippen molar-refractivity contribution in [2.24, 2.45) is 0 Å². The quantitative estimate of drug-likeness (QED) is 0.655. The van der Waals surface area contributed by atoms with Crippen LogP contribution in [0.2, 0.25) is 0 Å². The van der Waals surface area contributed by atoms with Crippen LogP contribution in [0.1, 0.15) is 28.9 Å². The summed E-state index contributed by atoms with van der Waals surface area (Å²) in [5.41, 5.74) is 2.71. The van der Waals surface area contributed by atoms with E-state index in [1.54, 1.807) is 27.7 Å². The van der Waals surface area contributed by atoms with Gasteiger partial charge >= 0.3 is 0 Å². The van der Waals surface area contributed by atoms with Crippen molar-refractivity contribution in [1.82, 2.24) is 19.7 Å². The van der Waals surface area contributed by atoms with Crippen LogP contribution >= 0.6 is 11.8 Å². The van der Waals surface area contributed by atoms with Gasteiger partial charge < -0.3 is 4.90 Å². The molecule has 0 aliphatic carbocycles. The Morgan fingerprint density at radius 1 is 1.12 bits per heavy atom. The van der Waals surface area contributed by atoms with Crippen molar-refractivity contribution in [3.8, 4) is 5.69 Å². The minimum Gasteiger partial charge on any atom is -0.335 e. The highest BCUT2D eigenvalue weighted by Gasteiger charge is 2.19. The third kappa shape index (κ3) is 3.74. The van der Waals surface area contributed by atoms with Crippen LogP contribution in [-0.4, -0.2) is 38.9 Å². The maximum absolute atomic E-state index is 12.7. The number of hydrogen-bond acceptors (Lipinski definition) is 4. The Hall–Kier alpha value is -2.60. The van der Waals surface area contributed by atoms with Gasteiger partial charge in [-0.1, -0.05) is 12.1 Å². The molecule has 0 bridgehead atoms. The molecule has 0 aliphatic rings. The topological polar surface area (TPSA) is 51.0 Å². The average Bonchev–Trinajstić information content (AvgIpc) is 3.21. The molecule has 1 heterocycles. The third-order valence-electron chi connectivity index (χ3n) is 4.30. The molecule has 0 spiro atoms. The predicted octanol–water partition coefficient (Wildman–Crippen LogP) is 3.82. The van der Waals surface area contributed by atoms with E-state index in [-0.39, 0.29) is 11.9 Å². The number of hydrogen-bond donors (Lipinski definition) is 0. The summed E-state index contributed by atoms with van der Waals surface area (Å²) in [6.07, 6.45) is 5.19. The lowest BCUT2D eigenvalue weighted by molar-refractivity contribution is 0.0742. The van der Waals surface area contributed by atoms with E-state index in [0.29, 0.717) is 5.56 Å². The zero-order valence-electron chi connectivity index (χ0n) is 14.5. The molecule has 128 valence electrons. The van der Waals surface area contributed by atoms with Gasteiger partial charge in [0.25, 0.3) is 5.91 Å². The van der Waals surface area contributed by atoms with Gasteiger partial charge in [-0.15, -0.1) is 11.8 Å². The number of benzene rings is 2. The summed E-state index contributed by atoms with van der Waals surface area (Å²) in [6.45, 7) is 2.03. The summed E-state index contributed by atoms with van der Waals surface area (Å²) >= 11 is 1.66. The highest BCUT2D eigenvalue weighted by atomic mass is 32.2. The van der Waals surface area contributed by atoms with Crippen LogP contribution in [0.15, 0.2) is 66.1 Å². The van der Waals surface area contributed by atoms with Gasteiger partial charge in [-0.05, 0) is 55.1 Å². The lowest BCUT2D eigenvalue weighted by Crippen LogP contribution is -2.29. The number of carbonyl (C=O) groups excluding carboxylic acids is 1. The molecule has 0 unspecified atom stereocenters. The summed E-state index contributed by atoms with van der Waals surface area (Å²) in [5.74, 6) is 0.0144. The standard InChI is InChI=1S/C19H20N4OS/c1-14(15-4-8-17(9-5-15)23-13-20-12-21-23)22(2)19(24)16-6-10-18(25-3)11-7-16/h4-14H,1-3H3/t14-/m0/s1. The van der Waals surface area contributed by atoms with Gasteiger partial charge in [0, 0.05) is 17.5 Å². The Morgan fingerprint density at radius 3 is 2.36 bits per heavy atom. The van der Waals surface area contributed by atoms with Crippen molar-refractivity contribution in [2.45, 2.75) is 17.9 Å². The molecule has 0 radical (unpaired) electrons. The lowest BCUT2D eigenvalue weighted by Gasteiger charge is -2.25. The zero-order chi connectivity index (χ0) is 17.8. The second-order valence-electron chi connectivity index (χ2n) is 5.75. The summed E-state index contributed by atoms with van der Waals surface area (Å²) in [4.78, 5) is 19.6. The van der Waals surface area contributed by atoms with Gasteiger partial charge in [0.15, 0.2) is 0 Å². The van der Waals surface area contributed by atoms with E-state index in [1.807, 2.05) is 68.8 Å². The second kappa shape index (κ2) is 7.53. The molecule has 0 fully saturated rings. The Labute approximate surface area is 151 Å². The van der Waals surface area contributed by atoms with Crippen molar-refractivity contribution in [1.29, 1.82) is 0 Å². The number of carbonyl (C=O) groups is 1. The van der Waals surface area contributed by atoms with Crippen molar-refractivity contribution in [3.05, 3.63) is 72.3 Å². The molecule has 6 heteroatoms. The molecule has 3 aromatic rings. The number of nitrogens with zero attached hydrogens (tertiary/aromatic N) is 4. The SMILES string of the molecule is CSc1ccc(C(=O)N(C)[C@@H](C)c2ccc(-n3cncn3)cc2)cc1. The van der Waals surface area contributed by atoms with Crippen LogP contribution in [0.25, 0.3) is 5.69 Å². The molecule has 0 saturated carbocycles. The predicted molar refractivity (Wildman–Crippen MR) is 100 cm³/mol. The van der Waals surface area contributed by atoms with Gasteiger partial charge in [-0.25, -0.2) is 9.67 Å². The summed E-state index contributed by atoms with van der Waals surface area (Å²) in [6, 6.07) is 15.7. The first-order chi connectivity index (χ1) is 12.1. The number of amides is 1. The van der Waals surface area contributed by atoms with Crippen LogP contribution in [-0.2, 0) is 0 Å². The molecule has 0 saturated heterocycles. The highest BCUT2D eigenvalue weighted by Crippen LogP contribution is 2.23. The average molecular weight is 352 g/mol. The molecule has 0 N–H and O–H groups in total. The number of rotatable bonds is 5. The van der Waals surface area contributed by atoms with E-state index in [4.69, 9.17) is 0 Å². The molecule has 3 rings (SSSR count). The van der Waals surface area contributed by atoms with Crippen molar-refractivity contribution in [3.63, 3.8) is 0 Å². The zero-order valence-corrected chi connectivity index (χ0v) is 15.3. The Balaban J connectivity index is 1.74. The van der Waals surface area contributed by atoms with Gasteiger partial charge in [-0.2, -0.15) is 5.10 Å². The van der Waals surface area contributed by atoms with Gasteiger partial charge in [-0.3, -0.25) is 4.79 Å². The fourth-order valence-electron chi connectivity index (χ4n) is 2.58. The van der Waals surface area contributed by atoms with E-state index in [2.05, 4.69) is 10.1 Å². The van der Waals surface area contributed by atoms with E-state index in [9.17, 15) is 4.79 Å². The van der Waals surface area contributed by atoms with Gasteiger partial charge in [0.2, 0.25) is 0 Å². The molecule has 1 aromatic heterocycles. The van der Waals surface area contributed by atoms with Crippen LogP contribution in [0.4, 0.5) is 0 Å². The minimum atomic E-state index is -0.0301. The number of thioether (sulfide) groups is 1. The van der Waals surface area contributed by atoms with E-state index < -0.39 is 0 Å². The molecule has 1 amide bonds. The van der Waals surface area contributed by atoms with Gasteiger partial charge in [0.05, 0.1) is 11.7 Å².